The fraction of sp³-hybridized carbons (Fsp3) is 0.458. The van der Waals surface area contributed by atoms with Gasteiger partial charge >= 0.3 is 12.0 Å². The SMILES string of the molecule is COC(=O)C1=C(CSc2nnc(C3CC3)n2CCC(N)=O)N(C2CC2)C(=O)NC1c1ccccc1. The maximum atomic E-state index is 13.2. The van der Waals surface area contributed by atoms with Crippen LogP contribution in [-0.2, 0) is 20.9 Å². The lowest BCUT2D eigenvalue weighted by Crippen LogP contribution is -2.50. The average Bonchev–Trinajstić information content (AvgIpc) is 3.79. The summed E-state index contributed by atoms with van der Waals surface area (Å²) >= 11 is 1.40. The van der Waals surface area contributed by atoms with Gasteiger partial charge in [-0.15, -0.1) is 10.2 Å². The molecule has 2 saturated carbocycles. The van der Waals surface area contributed by atoms with Crippen LogP contribution in [0, 0.1) is 0 Å². The van der Waals surface area contributed by atoms with Crippen molar-refractivity contribution in [3.8, 4) is 0 Å². The zero-order valence-corrected chi connectivity index (χ0v) is 20.3. The molecule has 1 aromatic heterocycles. The Morgan fingerprint density at radius 1 is 1.17 bits per heavy atom. The van der Waals surface area contributed by atoms with E-state index in [2.05, 4.69) is 15.5 Å². The minimum absolute atomic E-state index is 0.0525. The van der Waals surface area contributed by atoms with E-state index in [-0.39, 0.29) is 24.4 Å². The van der Waals surface area contributed by atoms with Crippen LogP contribution in [0.2, 0.25) is 0 Å². The Kier molecular flexibility index (Phi) is 6.50. The van der Waals surface area contributed by atoms with Gasteiger partial charge in [-0.05, 0) is 31.2 Å². The number of carbonyl (C=O) groups is 3. The number of esters is 1. The fourth-order valence-corrected chi connectivity index (χ4v) is 5.41. The highest BCUT2D eigenvalue weighted by Gasteiger charge is 2.44. The molecular weight excluding hydrogens is 468 g/mol. The summed E-state index contributed by atoms with van der Waals surface area (Å²) in [6.07, 6.45) is 4.05. The van der Waals surface area contributed by atoms with E-state index < -0.39 is 12.0 Å². The van der Waals surface area contributed by atoms with Gasteiger partial charge in [0, 0.05) is 36.4 Å². The molecule has 0 radical (unpaired) electrons. The summed E-state index contributed by atoms with van der Waals surface area (Å²) in [5.74, 6) is 0.673. The molecule has 3 amide bonds. The predicted molar refractivity (Wildman–Crippen MR) is 128 cm³/mol. The van der Waals surface area contributed by atoms with Crippen molar-refractivity contribution < 1.29 is 19.1 Å². The van der Waals surface area contributed by atoms with Gasteiger partial charge < -0.3 is 20.4 Å². The molecule has 1 aliphatic heterocycles. The van der Waals surface area contributed by atoms with E-state index in [0.29, 0.717) is 34.6 Å². The van der Waals surface area contributed by atoms with E-state index >= 15 is 0 Å². The van der Waals surface area contributed by atoms with Crippen molar-refractivity contribution in [2.24, 2.45) is 5.73 Å². The first-order valence-electron chi connectivity index (χ1n) is 11.8. The van der Waals surface area contributed by atoms with Gasteiger partial charge in [0.15, 0.2) is 5.16 Å². The Labute approximate surface area is 207 Å². The van der Waals surface area contributed by atoms with Gasteiger partial charge in [0.1, 0.15) is 5.82 Å². The average molecular weight is 497 g/mol. The number of carbonyl (C=O) groups excluding carboxylic acids is 3. The quantitative estimate of drug-likeness (QED) is 0.381. The van der Waals surface area contributed by atoms with Crippen LogP contribution < -0.4 is 11.1 Å². The maximum Gasteiger partial charge on any atom is 0.338 e. The Morgan fingerprint density at radius 3 is 2.54 bits per heavy atom. The molecule has 0 saturated heterocycles. The van der Waals surface area contributed by atoms with E-state index in [1.165, 1.54) is 18.9 Å². The molecule has 2 fully saturated rings. The van der Waals surface area contributed by atoms with Gasteiger partial charge in [-0.2, -0.15) is 0 Å². The van der Waals surface area contributed by atoms with Crippen molar-refractivity contribution in [2.45, 2.75) is 61.8 Å². The van der Waals surface area contributed by atoms with Gasteiger partial charge in [-0.3, -0.25) is 9.69 Å². The van der Waals surface area contributed by atoms with Gasteiger partial charge in [0.05, 0.1) is 18.7 Å². The van der Waals surface area contributed by atoms with E-state index in [1.807, 2.05) is 34.9 Å². The number of methoxy groups -OCH3 is 1. The summed E-state index contributed by atoms with van der Waals surface area (Å²) in [5.41, 5.74) is 7.24. The Morgan fingerprint density at radius 2 is 1.91 bits per heavy atom. The third-order valence-corrected chi connectivity index (χ3v) is 7.41. The Bertz CT molecular complexity index is 1170. The lowest BCUT2D eigenvalue weighted by atomic mass is 9.95. The number of nitrogens with zero attached hydrogens (tertiary/aromatic N) is 4. The van der Waals surface area contributed by atoms with Crippen LogP contribution in [0.1, 0.15) is 55.5 Å². The lowest BCUT2D eigenvalue weighted by molar-refractivity contribution is -0.136. The number of hydrogen-bond donors (Lipinski definition) is 2. The number of nitrogens with one attached hydrogen (secondary N) is 1. The predicted octanol–water partition coefficient (Wildman–Crippen LogP) is 2.48. The van der Waals surface area contributed by atoms with Gasteiger partial charge in [0.25, 0.3) is 0 Å². The number of ether oxygens (including phenoxy) is 1. The monoisotopic (exact) mass is 496 g/mol. The molecule has 0 bridgehead atoms. The fourth-order valence-electron chi connectivity index (χ4n) is 4.41. The highest BCUT2D eigenvalue weighted by molar-refractivity contribution is 7.99. The van der Waals surface area contributed by atoms with Crippen LogP contribution >= 0.6 is 11.8 Å². The molecule has 1 atom stereocenters. The van der Waals surface area contributed by atoms with Crippen molar-refractivity contribution in [2.75, 3.05) is 12.9 Å². The Hall–Kier alpha value is -3.34. The van der Waals surface area contributed by atoms with Crippen LogP contribution in [-0.4, -0.2) is 56.5 Å². The molecule has 2 aromatic rings. The third-order valence-electron chi connectivity index (χ3n) is 6.43. The summed E-state index contributed by atoms with van der Waals surface area (Å²) in [7, 11) is 1.35. The van der Waals surface area contributed by atoms with Crippen LogP contribution in [0.3, 0.4) is 0 Å². The van der Waals surface area contributed by atoms with Crippen LogP contribution in [0.25, 0.3) is 0 Å². The third kappa shape index (κ3) is 4.90. The second-order valence-electron chi connectivity index (χ2n) is 9.02. The van der Waals surface area contributed by atoms with E-state index in [0.717, 1.165) is 37.1 Å². The molecule has 0 spiro atoms. The number of hydrogen-bond acceptors (Lipinski definition) is 7. The molecule has 5 rings (SSSR count). The van der Waals surface area contributed by atoms with Crippen molar-refractivity contribution >= 4 is 29.7 Å². The molecule has 3 aliphatic rings. The van der Waals surface area contributed by atoms with Crippen LogP contribution in [0.5, 0.6) is 0 Å². The van der Waals surface area contributed by atoms with Crippen molar-refractivity contribution in [1.82, 2.24) is 25.0 Å². The first-order chi connectivity index (χ1) is 17.0. The summed E-state index contributed by atoms with van der Waals surface area (Å²) in [4.78, 5) is 39.4. The number of nitrogens with two attached hydrogens (primary N) is 1. The molecule has 3 N–H and O–H groups in total. The first kappa shape index (κ1) is 23.4. The summed E-state index contributed by atoms with van der Waals surface area (Å²) in [5, 5.41) is 12.4. The molecule has 184 valence electrons. The highest BCUT2D eigenvalue weighted by atomic mass is 32.2. The number of thioether (sulfide) groups is 1. The zero-order chi connectivity index (χ0) is 24.5. The first-order valence-corrected chi connectivity index (χ1v) is 12.8. The second kappa shape index (κ2) is 9.73. The molecule has 35 heavy (non-hydrogen) atoms. The van der Waals surface area contributed by atoms with Gasteiger partial charge in [0.2, 0.25) is 5.91 Å². The molecule has 2 aliphatic carbocycles. The zero-order valence-electron chi connectivity index (χ0n) is 19.5. The number of rotatable bonds is 10. The molecule has 11 heteroatoms. The Balaban J connectivity index is 1.51. The maximum absolute atomic E-state index is 13.2. The number of aromatic nitrogens is 3. The number of primary amides is 1. The number of amides is 3. The van der Waals surface area contributed by atoms with Gasteiger partial charge in [-0.25, -0.2) is 9.59 Å². The van der Waals surface area contributed by atoms with Crippen LogP contribution in [0.15, 0.2) is 46.8 Å². The largest absolute Gasteiger partial charge is 0.466 e. The van der Waals surface area contributed by atoms with E-state index in [1.54, 1.807) is 4.90 Å². The molecule has 2 heterocycles. The number of benzene rings is 1. The van der Waals surface area contributed by atoms with E-state index in [4.69, 9.17) is 10.5 Å². The molecule has 1 unspecified atom stereocenters. The normalized spacial score (nSPS) is 20.1. The minimum Gasteiger partial charge on any atom is -0.466 e. The minimum atomic E-state index is -0.614. The van der Waals surface area contributed by atoms with Gasteiger partial charge in [-0.1, -0.05) is 42.1 Å². The summed E-state index contributed by atoms with van der Waals surface area (Å²) in [6, 6.07) is 8.62. The van der Waals surface area contributed by atoms with E-state index in [9.17, 15) is 14.4 Å². The smallest absolute Gasteiger partial charge is 0.338 e. The molecule has 10 nitrogen and oxygen atoms in total. The topological polar surface area (TPSA) is 132 Å². The number of urea groups is 1. The summed E-state index contributed by atoms with van der Waals surface area (Å²) < 4.78 is 7.12. The van der Waals surface area contributed by atoms with Crippen molar-refractivity contribution in [3.05, 3.63) is 53.0 Å². The van der Waals surface area contributed by atoms with Crippen molar-refractivity contribution in [1.29, 1.82) is 0 Å². The standard InChI is InChI=1S/C24H28N6O4S/c1-34-22(32)19-17(13-35-24-28-27-21(15-7-8-15)29(24)12-11-18(25)31)30(16-9-10-16)23(33)26-20(19)14-5-3-2-4-6-14/h2-6,15-16,20H,7-13H2,1H3,(H2,25,31)(H,26,33). The lowest BCUT2D eigenvalue weighted by Gasteiger charge is -2.36. The second-order valence-corrected chi connectivity index (χ2v) is 9.96. The highest BCUT2D eigenvalue weighted by Crippen LogP contribution is 2.42. The van der Waals surface area contributed by atoms with Crippen LogP contribution in [0.4, 0.5) is 4.79 Å². The van der Waals surface area contributed by atoms with Crippen molar-refractivity contribution in [3.63, 3.8) is 0 Å². The molecule has 1 aromatic carbocycles. The molecular formula is C24H28N6O4S. The summed E-state index contributed by atoms with van der Waals surface area (Å²) in [6.45, 7) is 0.402.